The molecule has 1 heterocycles. The summed E-state index contributed by atoms with van der Waals surface area (Å²) in [7, 11) is 1.66. The second kappa shape index (κ2) is 6.75. The fourth-order valence-electron chi connectivity index (χ4n) is 1.82. The van der Waals surface area contributed by atoms with Gasteiger partial charge < -0.3 is 14.6 Å². The Morgan fingerprint density at radius 3 is 2.63 bits per heavy atom. The van der Waals surface area contributed by atoms with E-state index in [1.165, 1.54) is 5.56 Å². The summed E-state index contributed by atoms with van der Waals surface area (Å²) in [6.45, 7) is 2.22. The maximum absolute atomic E-state index is 11.5. The Labute approximate surface area is 112 Å². The van der Waals surface area contributed by atoms with Gasteiger partial charge in [0.15, 0.2) is 0 Å². The first-order valence-corrected chi connectivity index (χ1v) is 6.29. The standard InChI is InChI=1S/C15H18N2O2/c1-19-14-7-5-13(6-8-14)12-16-9-11-17-10-3-2-4-15(17)18/h2-8,10,16H,9,11-12H2,1H3. The average Bonchev–Trinajstić information content (AvgIpc) is 2.46. The topological polar surface area (TPSA) is 43.3 Å². The monoisotopic (exact) mass is 258 g/mol. The number of aromatic nitrogens is 1. The zero-order chi connectivity index (χ0) is 13.5. The van der Waals surface area contributed by atoms with Crippen molar-refractivity contribution in [2.75, 3.05) is 13.7 Å². The highest BCUT2D eigenvalue weighted by Gasteiger charge is 1.96. The normalized spacial score (nSPS) is 10.4. The molecule has 0 aliphatic heterocycles. The van der Waals surface area contributed by atoms with Gasteiger partial charge in [-0.2, -0.15) is 0 Å². The molecule has 19 heavy (non-hydrogen) atoms. The Bertz CT molecular complexity index is 561. The molecule has 0 bridgehead atoms. The fraction of sp³-hybridized carbons (Fsp3) is 0.267. The van der Waals surface area contributed by atoms with Gasteiger partial charge in [-0.25, -0.2) is 0 Å². The second-order valence-electron chi connectivity index (χ2n) is 4.26. The summed E-state index contributed by atoms with van der Waals surface area (Å²) in [5, 5.41) is 3.31. The summed E-state index contributed by atoms with van der Waals surface area (Å²) >= 11 is 0. The molecule has 0 fully saturated rings. The highest BCUT2D eigenvalue weighted by molar-refractivity contribution is 5.26. The zero-order valence-electron chi connectivity index (χ0n) is 11.0. The molecule has 4 nitrogen and oxygen atoms in total. The number of nitrogens with one attached hydrogen (secondary N) is 1. The minimum atomic E-state index is 0.0359. The number of nitrogens with zero attached hydrogens (tertiary/aromatic N) is 1. The summed E-state index contributed by atoms with van der Waals surface area (Å²) in [6, 6.07) is 13.1. The van der Waals surface area contributed by atoms with Crippen molar-refractivity contribution in [3.63, 3.8) is 0 Å². The summed E-state index contributed by atoms with van der Waals surface area (Å²) in [4.78, 5) is 11.5. The van der Waals surface area contributed by atoms with E-state index in [0.29, 0.717) is 6.54 Å². The first kappa shape index (κ1) is 13.4. The highest BCUT2D eigenvalue weighted by atomic mass is 16.5. The van der Waals surface area contributed by atoms with Crippen LogP contribution in [0.4, 0.5) is 0 Å². The van der Waals surface area contributed by atoms with Gasteiger partial charge in [0.2, 0.25) is 0 Å². The zero-order valence-corrected chi connectivity index (χ0v) is 11.0. The first-order chi connectivity index (χ1) is 9.29. The van der Waals surface area contributed by atoms with E-state index >= 15 is 0 Å². The van der Waals surface area contributed by atoms with Gasteiger partial charge in [-0.15, -0.1) is 0 Å². The predicted octanol–water partition coefficient (Wildman–Crippen LogP) is 1.65. The molecule has 0 atom stereocenters. The summed E-state index contributed by atoms with van der Waals surface area (Å²) < 4.78 is 6.80. The van der Waals surface area contributed by atoms with Crippen LogP contribution in [0.2, 0.25) is 0 Å². The van der Waals surface area contributed by atoms with E-state index in [9.17, 15) is 4.79 Å². The molecular weight excluding hydrogens is 240 g/mol. The van der Waals surface area contributed by atoms with Gasteiger partial charge in [-0.1, -0.05) is 18.2 Å². The molecule has 0 radical (unpaired) electrons. The van der Waals surface area contributed by atoms with E-state index in [-0.39, 0.29) is 5.56 Å². The Morgan fingerprint density at radius 2 is 1.95 bits per heavy atom. The van der Waals surface area contributed by atoms with Gasteiger partial charge in [-0.05, 0) is 23.8 Å². The van der Waals surface area contributed by atoms with Crippen LogP contribution in [0.1, 0.15) is 5.56 Å². The molecule has 0 amide bonds. The molecule has 0 saturated heterocycles. The molecule has 0 unspecified atom stereocenters. The van der Waals surface area contributed by atoms with Crippen molar-refractivity contribution in [1.29, 1.82) is 0 Å². The Balaban J connectivity index is 1.77. The van der Waals surface area contributed by atoms with Crippen LogP contribution in [0.25, 0.3) is 0 Å². The minimum Gasteiger partial charge on any atom is -0.497 e. The third kappa shape index (κ3) is 3.96. The maximum atomic E-state index is 11.5. The van der Waals surface area contributed by atoms with E-state index < -0.39 is 0 Å². The van der Waals surface area contributed by atoms with Crippen LogP contribution in [0, 0.1) is 0 Å². The van der Waals surface area contributed by atoms with Crippen molar-refractivity contribution in [2.24, 2.45) is 0 Å². The van der Waals surface area contributed by atoms with E-state index in [4.69, 9.17) is 4.74 Å². The molecule has 1 N–H and O–H groups in total. The Hall–Kier alpha value is -2.07. The molecule has 0 aliphatic rings. The second-order valence-corrected chi connectivity index (χ2v) is 4.26. The van der Waals surface area contributed by atoms with Gasteiger partial charge in [0.1, 0.15) is 5.75 Å². The fourth-order valence-corrected chi connectivity index (χ4v) is 1.82. The summed E-state index contributed by atoms with van der Waals surface area (Å²) in [5.74, 6) is 0.861. The lowest BCUT2D eigenvalue weighted by Gasteiger charge is -2.07. The number of benzene rings is 1. The lowest BCUT2D eigenvalue weighted by molar-refractivity contribution is 0.414. The largest absolute Gasteiger partial charge is 0.497 e. The number of rotatable bonds is 6. The van der Waals surface area contributed by atoms with Gasteiger partial charge in [0.25, 0.3) is 5.56 Å². The summed E-state index contributed by atoms with van der Waals surface area (Å²) in [6.07, 6.45) is 1.80. The van der Waals surface area contributed by atoms with Crippen LogP contribution in [0.3, 0.4) is 0 Å². The number of ether oxygens (including phenoxy) is 1. The number of hydrogen-bond acceptors (Lipinski definition) is 3. The molecule has 1 aromatic heterocycles. The van der Waals surface area contributed by atoms with Crippen molar-refractivity contribution < 1.29 is 4.74 Å². The maximum Gasteiger partial charge on any atom is 0.250 e. The van der Waals surface area contributed by atoms with Crippen LogP contribution in [-0.4, -0.2) is 18.2 Å². The molecule has 100 valence electrons. The highest BCUT2D eigenvalue weighted by Crippen LogP contribution is 2.10. The average molecular weight is 258 g/mol. The molecule has 2 rings (SSSR count). The number of methoxy groups -OCH3 is 1. The number of hydrogen-bond donors (Lipinski definition) is 1. The molecule has 2 aromatic rings. The predicted molar refractivity (Wildman–Crippen MR) is 75.4 cm³/mol. The first-order valence-electron chi connectivity index (χ1n) is 6.29. The lowest BCUT2D eigenvalue weighted by Crippen LogP contribution is -2.25. The van der Waals surface area contributed by atoms with Crippen molar-refractivity contribution >= 4 is 0 Å². The van der Waals surface area contributed by atoms with Crippen LogP contribution >= 0.6 is 0 Å². The van der Waals surface area contributed by atoms with Crippen LogP contribution in [0.5, 0.6) is 5.75 Å². The lowest BCUT2D eigenvalue weighted by atomic mass is 10.2. The van der Waals surface area contributed by atoms with Crippen LogP contribution in [-0.2, 0) is 13.1 Å². The Morgan fingerprint density at radius 1 is 1.16 bits per heavy atom. The van der Waals surface area contributed by atoms with Gasteiger partial charge in [0.05, 0.1) is 7.11 Å². The van der Waals surface area contributed by atoms with E-state index in [1.807, 2.05) is 30.3 Å². The van der Waals surface area contributed by atoms with Gasteiger partial charge >= 0.3 is 0 Å². The quantitative estimate of drug-likeness (QED) is 0.801. The smallest absolute Gasteiger partial charge is 0.250 e. The van der Waals surface area contributed by atoms with Gasteiger partial charge in [-0.3, -0.25) is 4.79 Å². The minimum absolute atomic E-state index is 0.0359. The van der Waals surface area contributed by atoms with Crippen molar-refractivity contribution in [1.82, 2.24) is 9.88 Å². The molecule has 0 spiro atoms. The number of pyridine rings is 1. The van der Waals surface area contributed by atoms with E-state index in [1.54, 1.807) is 30.0 Å². The molecule has 0 saturated carbocycles. The van der Waals surface area contributed by atoms with Crippen molar-refractivity contribution in [3.05, 3.63) is 64.6 Å². The molecular formula is C15H18N2O2. The molecule has 4 heteroatoms. The van der Waals surface area contributed by atoms with Crippen LogP contribution in [0.15, 0.2) is 53.5 Å². The summed E-state index contributed by atoms with van der Waals surface area (Å²) in [5.41, 5.74) is 1.23. The van der Waals surface area contributed by atoms with E-state index in [2.05, 4.69) is 5.32 Å². The third-order valence-corrected chi connectivity index (χ3v) is 2.92. The van der Waals surface area contributed by atoms with Gasteiger partial charge in [0, 0.05) is 31.9 Å². The third-order valence-electron chi connectivity index (χ3n) is 2.92. The Kier molecular flexibility index (Phi) is 4.75. The molecule has 1 aromatic carbocycles. The SMILES string of the molecule is COc1ccc(CNCCn2ccccc2=O)cc1. The van der Waals surface area contributed by atoms with Crippen molar-refractivity contribution in [3.8, 4) is 5.75 Å². The molecule has 0 aliphatic carbocycles. The van der Waals surface area contributed by atoms with Crippen LogP contribution < -0.4 is 15.6 Å². The van der Waals surface area contributed by atoms with Crippen molar-refractivity contribution in [2.45, 2.75) is 13.1 Å². The van der Waals surface area contributed by atoms with E-state index in [0.717, 1.165) is 18.8 Å².